The van der Waals surface area contributed by atoms with Crippen molar-refractivity contribution in [2.45, 2.75) is 89.5 Å². The molecule has 0 aromatic heterocycles. The Bertz CT molecular complexity index is 660. The second-order valence-electron chi connectivity index (χ2n) is 9.38. The number of carbonyl (C=O) groups excluding carboxylic acids is 1. The lowest BCUT2D eigenvalue weighted by Crippen LogP contribution is -2.59. The fraction of sp³-hybridized carbons (Fsp3) is 0.800. The smallest absolute Gasteiger partial charge is 0.185 e. The topological polar surface area (TPSA) is 68.6 Å². The molecule has 3 rings (SSSR count). The third-order valence-electron chi connectivity index (χ3n) is 5.80. The van der Waals surface area contributed by atoms with Crippen molar-refractivity contribution in [3.05, 3.63) is 11.6 Å². The highest BCUT2D eigenvalue weighted by Crippen LogP contribution is 2.58. The van der Waals surface area contributed by atoms with Gasteiger partial charge in [0, 0.05) is 11.8 Å². The number of hydrogen-bond acceptors (Lipinski definition) is 5. The average Bonchev–Trinajstić information content (AvgIpc) is 2.86. The summed E-state index contributed by atoms with van der Waals surface area (Å²) in [5.41, 5.74) is -0.242. The number of allylic oxidation sites excluding steroid dienone is 1. The minimum Gasteiger partial charge on any atom is -0.399 e. The number of carbonyl (C=O) groups is 1. The number of fused-ring (bicyclic) bond motifs is 1. The van der Waals surface area contributed by atoms with E-state index in [0.29, 0.717) is 25.9 Å². The number of ketones is 1. The van der Waals surface area contributed by atoms with Crippen LogP contribution in [0.5, 0.6) is 0 Å². The molecule has 6 heteroatoms. The van der Waals surface area contributed by atoms with Crippen molar-refractivity contribution in [2.24, 2.45) is 5.41 Å². The molecule has 0 aromatic carbocycles. The molecule has 1 aliphatic heterocycles. The largest absolute Gasteiger partial charge is 0.399 e. The molecule has 0 radical (unpaired) electrons. The molecule has 3 atom stereocenters. The summed E-state index contributed by atoms with van der Waals surface area (Å²) in [7, 11) is -1.97. The van der Waals surface area contributed by atoms with Crippen molar-refractivity contribution >= 4 is 14.1 Å². The van der Waals surface area contributed by atoms with Crippen LogP contribution in [0.2, 0.25) is 19.6 Å². The standard InChI is InChI=1S/C20H31NO4Si/c1-18(2)23-13-17(24-18)12-19-10-8-16(22)11-15(19)7-6-9-20(19,14-21)25-26(3,4)5/h11,17H,6-10,12-13H2,1-5H3/t17-,19-,20-/m0/s1. The van der Waals surface area contributed by atoms with Gasteiger partial charge in [0.2, 0.25) is 0 Å². The van der Waals surface area contributed by atoms with Gasteiger partial charge in [-0.3, -0.25) is 4.79 Å². The van der Waals surface area contributed by atoms with Gasteiger partial charge in [0.15, 0.2) is 25.5 Å². The van der Waals surface area contributed by atoms with Crippen LogP contribution in [0.15, 0.2) is 11.6 Å². The van der Waals surface area contributed by atoms with E-state index in [2.05, 4.69) is 25.7 Å². The molecule has 3 aliphatic rings. The molecule has 0 spiro atoms. The van der Waals surface area contributed by atoms with E-state index in [0.717, 1.165) is 24.8 Å². The van der Waals surface area contributed by atoms with Crippen molar-refractivity contribution in [2.75, 3.05) is 6.61 Å². The van der Waals surface area contributed by atoms with Crippen LogP contribution in [0.4, 0.5) is 0 Å². The summed E-state index contributed by atoms with van der Waals surface area (Å²) in [5.74, 6) is -0.430. The van der Waals surface area contributed by atoms with Crippen molar-refractivity contribution < 1.29 is 18.7 Å². The molecule has 1 saturated carbocycles. The maximum absolute atomic E-state index is 12.1. The molecule has 144 valence electrons. The first-order chi connectivity index (χ1) is 12.0. The first-order valence-corrected chi connectivity index (χ1v) is 13.1. The zero-order chi connectivity index (χ0) is 19.2. The van der Waals surface area contributed by atoms with Crippen LogP contribution < -0.4 is 0 Å². The normalized spacial score (nSPS) is 37.0. The third kappa shape index (κ3) is 3.55. The minimum atomic E-state index is -1.97. The number of hydrogen-bond donors (Lipinski definition) is 0. The van der Waals surface area contributed by atoms with Crippen LogP contribution in [0.25, 0.3) is 0 Å². The molecule has 1 heterocycles. The summed E-state index contributed by atoms with van der Waals surface area (Å²) in [5, 5.41) is 10.3. The van der Waals surface area contributed by atoms with Crippen molar-refractivity contribution in [1.29, 1.82) is 5.26 Å². The zero-order valence-corrected chi connectivity index (χ0v) is 17.7. The van der Waals surface area contributed by atoms with E-state index in [1.54, 1.807) is 6.08 Å². The Morgan fingerprint density at radius 2 is 2.04 bits per heavy atom. The molecule has 2 fully saturated rings. The van der Waals surface area contributed by atoms with Gasteiger partial charge < -0.3 is 13.9 Å². The first kappa shape index (κ1) is 19.8. The number of nitriles is 1. The molecule has 5 nitrogen and oxygen atoms in total. The maximum Gasteiger partial charge on any atom is 0.185 e. The van der Waals surface area contributed by atoms with Gasteiger partial charge in [-0.1, -0.05) is 5.57 Å². The van der Waals surface area contributed by atoms with E-state index < -0.39 is 25.1 Å². The lowest BCUT2D eigenvalue weighted by molar-refractivity contribution is -0.148. The fourth-order valence-corrected chi connectivity index (χ4v) is 6.34. The summed E-state index contributed by atoms with van der Waals surface area (Å²) >= 11 is 0. The highest BCUT2D eigenvalue weighted by molar-refractivity contribution is 6.69. The minimum absolute atomic E-state index is 0.0855. The molecule has 0 amide bonds. The molecule has 0 unspecified atom stereocenters. The SMILES string of the molecule is CC1(C)OC[C@H](C[C@@]23CCC(=O)C=C2CCC[C@@]3(C#N)O[Si](C)(C)C)O1. The van der Waals surface area contributed by atoms with Gasteiger partial charge in [-0.15, -0.1) is 0 Å². The zero-order valence-electron chi connectivity index (χ0n) is 16.7. The molecule has 2 aliphatic carbocycles. The van der Waals surface area contributed by atoms with Crippen LogP contribution in [0.1, 0.15) is 52.4 Å². The van der Waals surface area contributed by atoms with E-state index in [1.807, 2.05) is 13.8 Å². The van der Waals surface area contributed by atoms with Crippen molar-refractivity contribution in [1.82, 2.24) is 0 Å². The Kier molecular flexibility index (Phi) is 4.98. The highest BCUT2D eigenvalue weighted by atomic mass is 28.4. The van der Waals surface area contributed by atoms with E-state index in [9.17, 15) is 10.1 Å². The summed E-state index contributed by atoms with van der Waals surface area (Å²) in [6.45, 7) is 10.7. The summed E-state index contributed by atoms with van der Waals surface area (Å²) < 4.78 is 18.5. The Balaban J connectivity index is 2.04. The Morgan fingerprint density at radius 1 is 1.31 bits per heavy atom. The van der Waals surface area contributed by atoms with Crippen molar-refractivity contribution in [3.8, 4) is 6.07 Å². The van der Waals surface area contributed by atoms with E-state index >= 15 is 0 Å². The third-order valence-corrected chi connectivity index (χ3v) is 6.76. The second kappa shape index (κ2) is 6.56. The van der Waals surface area contributed by atoms with Gasteiger partial charge in [0.1, 0.15) is 0 Å². The van der Waals surface area contributed by atoms with Crippen LogP contribution >= 0.6 is 0 Å². The predicted molar refractivity (Wildman–Crippen MR) is 101 cm³/mol. The van der Waals surface area contributed by atoms with Gasteiger partial charge >= 0.3 is 0 Å². The predicted octanol–water partition coefficient (Wildman–Crippen LogP) is 4.10. The van der Waals surface area contributed by atoms with Gasteiger partial charge in [0.05, 0.1) is 18.8 Å². The quantitative estimate of drug-likeness (QED) is 0.690. The number of nitrogens with zero attached hydrogens (tertiary/aromatic N) is 1. The summed E-state index contributed by atoms with van der Waals surface area (Å²) in [4.78, 5) is 12.1. The van der Waals surface area contributed by atoms with E-state index in [-0.39, 0.29) is 11.9 Å². The summed E-state index contributed by atoms with van der Waals surface area (Å²) in [6, 6.07) is 2.59. The van der Waals surface area contributed by atoms with Gasteiger partial charge in [-0.25, -0.2) is 0 Å². The van der Waals surface area contributed by atoms with Gasteiger partial charge in [-0.05, 0) is 71.7 Å². The Labute approximate surface area is 157 Å². The van der Waals surface area contributed by atoms with Crippen LogP contribution in [0, 0.1) is 16.7 Å². The van der Waals surface area contributed by atoms with Crippen molar-refractivity contribution in [3.63, 3.8) is 0 Å². The lowest BCUT2D eigenvalue weighted by atomic mass is 9.54. The molecular weight excluding hydrogens is 346 g/mol. The molecule has 1 saturated heterocycles. The van der Waals surface area contributed by atoms with E-state index in [1.165, 1.54) is 0 Å². The second-order valence-corrected chi connectivity index (χ2v) is 13.8. The Hall–Kier alpha value is -1.00. The molecule has 26 heavy (non-hydrogen) atoms. The molecule has 0 bridgehead atoms. The molecule has 0 N–H and O–H groups in total. The molecular formula is C20H31NO4Si. The average molecular weight is 378 g/mol. The fourth-order valence-electron chi connectivity index (χ4n) is 4.95. The monoisotopic (exact) mass is 377 g/mol. The van der Waals surface area contributed by atoms with Gasteiger partial charge in [-0.2, -0.15) is 5.26 Å². The first-order valence-electron chi connectivity index (χ1n) is 9.68. The van der Waals surface area contributed by atoms with Crippen LogP contribution in [-0.2, 0) is 18.7 Å². The summed E-state index contributed by atoms with van der Waals surface area (Å²) in [6.07, 6.45) is 5.98. The number of ether oxygens (including phenoxy) is 2. The lowest BCUT2D eigenvalue weighted by Gasteiger charge is -2.55. The van der Waals surface area contributed by atoms with Crippen LogP contribution in [0.3, 0.4) is 0 Å². The molecule has 0 aromatic rings. The maximum atomic E-state index is 12.1. The number of rotatable bonds is 4. The van der Waals surface area contributed by atoms with E-state index in [4.69, 9.17) is 13.9 Å². The van der Waals surface area contributed by atoms with Gasteiger partial charge in [0.25, 0.3) is 0 Å². The van der Waals surface area contributed by atoms with Crippen LogP contribution in [-0.4, -0.2) is 38.2 Å². The highest BCUT2D eigenvalue weighted by Gasteiger charge is 2.60. The Morgan fingerprint density at radius 3 is 2.62 bits per heavy atom.